The fourth-order valence-corrected chi connectivity index (χ4v) is 6.30. The Balaban J connectivity index is 1.60. The fourth-order valence-electron chi connectivity index (χ4n) is 3.25. The van der Waals surface area contributed by atoms with Crippen molar-refractivity contribution in [2.24, 2.45) is 0 Å². The second-order valence-electron chi connectivity index (χ2n) is 6.55. The number of benzene rings is 2. The third kappa shape index (κ3) is 4.00. The lowest BCUT2D eigenvalue weighted by atomic mass is 10.0. The molecule has 0 unspecified atom stereocenters. The first kappa shape index (κ1) is 20.2. The molecule has 0 bridgehead atoms. The number of nitrogens with one attached hydrogen (secondary N) is 1. The summed E-state index contributed by atoms with van der Waals surface area (Å²) in [4.78, 5) is 12.7. The van der Waals surface area contributed by atoms with Gasteiger partial charge in [0, 0.05) is 17.6 Å². The average Bonchev–Trinajstić information content (AvgIpc) is 3.20. The largest absolute Gasteiger partial charge is 0.319 e. The van der Waals surface area contributed by atoms with E-state index in [1.54, 1.807) is 11.4 Å². The predicted octanol–water partition coefficient (Wildman–Crippen LogP) is 4.65. The molecule has 3 aromatic rings. The zero-order valence-corrected chi connectivity index (χ0v) is 18.3. The van der Waals surface area contributed by atoms with Gasteiger partial charge in [-0.3, -0.25) is 4.79 Å². The number of amides is 1. The Kier molecular flexibility index (Phi) is 5.56. The molecule has 1 aromatic heterocycles. The molecule has 1 amide bonds. The third-order valence-corrected chi connectivity index (χ3v) is 8.15. The van der Waals surface area contributed by atoms with Gasteiger partial charge >= 0.3 is 0 Å². The van der Waals surface area contributed by atoms with Crippen LogP contribution in [-0.4, -0.2) is 25.2 Å². The van der Waals surface area contributed by atoms with Gasteiger partial charge in [0.1, 0.15) is 15.6 Å². The lowest BCUT2D eigenvalue weighted by molar-refractivity contribution is 0.102. The second kappa shape index (κ2) is 7.98. The molecular formula is C20H16BrFN2O3S2. The van der Waals surface area contributed by atoms with Crippen molar-refractivity contribution in [1.82, 2.24) is 4.31 Å². The number of sulfonamides is 1. The van der Waals surface area contributed by atoms with Gasteiger partial charge in [-0.25, -0.2) is 12.8 Å². The van der Waals surface area contributed by atoms with Crippen LogP contribution < -0.4 is 5.32 Å². The zero-order chi connectivity index (χ0) is 20.6. The number of carbonyl (C=O) groups is 1. The van der Waals surface area contributed by atoms with E-state index in [9.17, 15) is 17.6 Å². The monoisotopic (exact) mass is 494 g/mol. The van der Waals surface area contributed by atoms with Gasteiger partial charge < -0.3 is 5.32 Å². The summed E-state index contributed by atoms with van der Waals surface area (Å²) in [5.74, 6) is -1.27. The minimum absolute atomic E-state index is 0.0122. The summed E-state index contributed by atoms with van der Waals surface area (Å²) in [6.07, 6.45) is 0.616. The van der Waals surface area contributed by atoms with Crippen LogP contribution in [0.1, 0.15) is 20.8 Å². The standard InChI is InChI=1S/C20H16BrFN2O3S2/c21-15-5-6-17(16(22)11-15)23-20(25)19-18(8-10-28-19)29(26,27)24-9-7-13-3-1-2-4-14(13)12-24/h1-6,8,10-11H,7,9,12H2,(H,23,25). The number of halogens is 2. The predicted molar refractivity (Wildman–Crippen MR) is 114 cm³/mol. The van der Waals surface area contributed by atoms with Gasteiger partial charge in [-0.2, -0.15) is 4.31 Å². The molecular weight excluding hydrogens is 479 g/mol. The molecule has 2 aromatic carbocycles. The van der Waals surface area contributed by atoms with E-state index in [2.05, 4.69) is 21.2 Å². The van der Waals surface area contributed by atoms with Crippen molar-refractivity contribution in [1.29, 1.82) is 0 Å². The maximum atomic E-state index is 14.1. The molecule has 0 radical (unpaired) electrons. The van der Waals surface area contributed by atoms with E-state index in [1.807, 2.05) is 24.3 Å². The highest BCUT2D eigenvalue weighted by molar-refractivity contribution is 9.10. The smallest absolute Gasteiger partial charge is 0.267 e. The van der Waals surface area contributed by atoms with E-state index < -0.39 is 21.7 Å². The summed E-state index contributed by atoms with van der Waals surface area (Å²) in [7, 11) is -3.86. The average molecular weight is 495 g/mol. The van der Waals surface area contributed by atoms with Crippen molar-refractivity contribution < 1.29 is 17.6 Å². The van der Waals surface area contributed by atoms with Gasteiger partial charge in [-0.15, -0.1) is 11.3 Å². The van der Waals surface area contributed by atoms with Crippen LogP contribution in [0, 0.1) is 5.82 Å². The van der Waals surface area contributed by atoms with Crippen LogP contribution in [0.5, 0.6) is 0 Å². The van der Waals surface area contributed by atoms with Crippen LogP contribution in [0.2, 0.25) is 0 Å². The first-order chi connectivity index (χ1) is 13.9. The molecule has 0 fully saturated rings. The zero-order valence-electron chi connectivity index (χ0n) is 15.1. The molecule has 1 N–H and O–H groups in total. The Morgan fingerprint density at radius 1 is 1.14 bits per heavy atom. The summed E-state index contributed by atoms with van der Waals surface area (Å²) in [5, 5.41) is 4.02. The number of anilines is 1. The maximum absolute atomic E-state index is 14.1. The van der Waals surface area contributed by atoms with Gasteiger partial charge in [-0.1, -0.05) is 40.2 Å². The first-order valence-corrected chi connectivity index (χ1v) is 11.9. The summed E-state index contributed by atoms with van der Waals surface area (Å²) in [5.41, 5.74) is 2.08. The van der Waals surface area contributed by atoms with E-state index >= 15 is 0 Å². The maximum Gasteiger partial charge on any atom is 0.267 e. The molecule has 4 rings (SSSR count). The lowest BCUT2D eigenvalue weighted by Gasteiger charge is -2.28. The Hall–Kier alpha value is -2.07. The van der Waals surface area contributed by atoms with Crippen LogP contribution in [0.15, 0.2) is 63.3 Å². The quantitative estimate of drug-likeness (QED) is 0.573. The number of hydrogen-bond acceptors (Lipinski definition) is 4. The molecule has 0 atom stereocenters. The van der Waals surface area contributed by atoms with E-state index in [1.165, 1.54) is 22.5 Å². The van der Waals surface area contributed by atoms with Crippen LogP contribution in [-0.2, 0) is 23.0 Å². The molecule has 0 saturated carbocycles. The van der Waals surface area contributed by atoms with Gasteiger partial charge in [0.2, 0.25) is 10.0 Å². The van der Waals surface area contributed by atoms with Crippen molar-refractivity contribution in [3.63, 3.8) is 0 Å². The Labute approximate surface area is 180 Å². The van der Waals surface area contributed by atoms with Crippen LogP contribution in [0.25, 0.3) is 0 Å². The Morgan fingerprint density at radius 2 is 1.90 bits per heavy atom. The third-order valence-electron chi connectivity index (χ3n) is 4.73. The Morgan fingerprint density at radius 3 is 2.66 bits per heavy atom. The first-order valence-electron chi connectivity index (χ1n) is 8.77. The molecule has 1 aliphatic heterocycles. The highest BCUT2D eigenvalue weighted by atomic mass is 79.9. The van der Waals surface area contributed by atoms with Crippen molar-refractivity contribution in [3.8, 4) is 0 Å². The Bertz CT molecular complexity index is 1190. The number of carbonyl (C=O) groups excluding carboxylic acids is 1. The van der Waals surface area contributed by atoms with Crippen LogP contribution >= 0.6 is 27.3 Å². The molecule has 9 heteroatoms. The van der Waals surface area contributed by atoms with E-state index in [0.29, 0.717) is 17.4 Å². The van der Waals surface area contributed by atoms with Gasteiger partial charge in [0.25, 0.3) is 5.91 Å². The van der Waals surface area contributed by atoms with Gasteiger partial charge in [0.05, 0.1) is 5.69 Å². The highest BCUT2D eigenvalue weighted by Gasteiger charge is 2.32. The van der Waals surface area contributed by atoms with Crippen LogP contribution in [0.3, 0.4) is 0 Å². The molecule has 0 saturated heterocycles. The molecule has 5 nitrogen and oxygen atoms in total. The summed E-state index contributed by atoms with van der Waals surface area (Å²) >= 11 is 4.17. The number of rotatable bonds is 4. The lowest BCUT2D eigenvalue weighted by Crippen LogP contribution is -2.36. The molecule has 0 spiro atoms. The van der Waals surface area contributed by atoms with Crippen molar-refractivity contribution in [3.05, 3.63) is 80.2 Å². The molecule has 0 aliphatic carbocycles. The van der Waals surface area contributed by atoms with E-state index in [-0.39, 0.29) is 22.0 Å². The molecule has 2 heterocycles. The SMILES string of the molecule is O=C(Nc1ccc(Br)cc1F)c1sccc1S(=O)(=O)N1CCc2ccccc2C1. The number of thiophene rings is 1. The molecule has 29 heavy (non-hydrogen) atoms. The highest BCUT2D eigenvalue weighted by Crippen LogP contribution is 2.30. The van der Waals surface area contributed by atoms with Crippen molar-refractivity contribution in [2.45, 2.75) is 17.9 Å². The van der Waals surface area contributed by atoms with Crippen LogP contribution in [0.4, 0.5) is 10.1 Å². The van der Waals surface area contributed by atoms with Crippen molar-refractivity contribution in [2.75, 3.05) is 11.9 Å². The van der Waals surface area contributed by atoms with E-state index in [0.717, 1.165) is 22.5 Å². The fraction of sp³-hybridized carbons (Fsp3) is 0.150. The number of hydrogen-bond donors (Lipinski definition) is 1. The second-order valence-corrected chi connectivity index (χ2v) is 10.3. The summed E-state index contributed by atoms with van der Waals surface area (Å²) in [6.45, 7) is 0.606. The minimum Gasteiger partial charge on any atom is -0.319 e. The molecule has 1 aliphatic rings. The minimum atomic E-state index is -3.86. The van der Waals surface area contributed by atoms with Gasteiger partial charge in [0.15, 0.2) is 0 Å². The van der Waals surface area contributed by atoms with Gasteiger partial charge in [-0.05, 0) is 47.2 Å². The molecule has 150 valence electrons. The summed E-state index contributed by atoms with van der Waals surface area (Å²) in [6, 6.07) is 13.4. The topological polar surface area (TPSA) is 66.5 Å². The van der Waals surface area contributed by atoms with Crippen molar-refractivity contribution >= 4 is 48.9 Å². The van der Waals surface area contributed by atoms with E-state index in [4.69, 9.17) is 0 Å². The number of fused-ring (bicyclic) bond motifs is 1. The normalized spacial score (nSPS) is 14.4. The number of nitrogens with zero attached hydrogens (tertiary/aromatic N) is 1. The summed E-state index contributed by atoms with van der Waals surface area (Å²) < 4.78 is 42.4.